The second-order valence-electron chi connectivity index (χ2n) is 8.13. The predicted molar refractivity (Wildman–Crippen MR) is 120 cm³/mol. The lowest BCUT2D eigenvalue weighted by molar-refractivity contribution is -0.880. The van der Waals surface area contributed by atoms with Crippen LogP contribution in [0.15, 0.2) is 54.6 Å². The van der Waals surface area contributed by atoms with E-state index >= 15 is 0 Å². The summed E-state index contributed by atoms with van der Waals surface area (Å²) in [6.07, 6.45) is 0. The van der Waals surface area contributed by atoms with Crippen LogP contribution in [0.5, 0.6) is 0 Å². The van der Waals surface area contributed by atoms with Crippen molar-refractivity contribution in [3.05, 3.63) is 71.3 Å². The second kappa shape index (κ2) is 8.63. The number of piperazine rings is 1. The van der Waals surface area contributed by atoms with Gasteiger partial charge in [-0.15, -0.1) is 10.2 Å². The standard InChI is InChI=1S/C24H27N5O/c1-17-14-18(2)16-20(15-17)24(30)25-21-6-4-19(5-7-21)22-8-9-23(27-26-22)29-12-10-28(3)11-13-29/h4-9,14-16H,10-13H2,1-3H3,(H,25,30)/p+1. The molecule has 0 unspecified atom stereocenters. The van der Waals surface area contributed by atoms with Crippen molar-refractivity contribution < 1.29 is 9.69 Å². The molecule has 1 amide bonds. The molecule has 1 saturated heterocycles. The lowest BCUT2D eigenvalue weighted by Crippen LogP contribution is -3.12. The summed E-state index contributed by atoms with van der Waals surface area (Å²) in [4.78, 5) is 16.4. The molecule has 1 aliphatic heterocycles. The van der Waals surface area contributed by atoms with Crippen molar-refractivity contribution in [2.45, 2.75) is 13.8 Å². The predicted octanol–water partition coefficient (Wildman–Crippen LogP) is 2.35. The highest BCUT2D eigenvalue weighted by Crippen LogP contribution is 2.21. The maximum absolute atomic E-state index is 12.5. The Balaban J connectivity index is 1.42. The molecule has 0 spiro atoms. The van der Waals surface area contributed by atoms with Crippen LogP contribution in [0.4, 0.5) is 11.5 Å². The molecule has 0 aliphatic carbocycles. The molecule has 6 nitrogen and oxygen atoms in total. The highest BCUT2D eigenvalue weighted by Gasteiger charge is 2.18. The fourth-order valence-electron chi connectivity index (χ4n) is 3.80. The molecule has 1 aromatic heterocycles. The summed E-state index contributed by atoms with van der Waals surface area (Å²) in [7, 11) is 2.22. The number of carbonyl (C=O) groups is 1. The zero-order chi connectivity index (χ0) is 21.1. The molecule has 0 radical (unpaired) electrons. The Morgan fingerprint density at radius 2 is 1.60 bits per heavy atom. The Labute approximate surface area is 177 Å². The Morgan fingerprint density at radius 3 is 2.20 bits per heavy atom. The van der Waals surface area contributed by atoms with E-state index in [-0.39, 0.29) is 5.91 Å². The third kappa shape index (κ3) is 4.66. The highest BCUT2D eigenvalue weighted by atomic mass is 16.1. The van der Waals surface area contributed by atoms with Gasteiger partial charge in [-0.05, 0) is 50.2 Å². The number of hydrogen-bond acceptors (Lipinski definition) is 4. The van der Waals surface area contributed by atoms with Gasteiger partial charge in [0.2, 0.25) is 0 Å². The summed E-state index contributed by atoms with van der Waals surface area (Å²) < 4.78 is 0. The molecule has 4 rings (SSSR count). The first-order chi connectivity index (χ1) is 14.5. The fourth-order valence-corrected chi connectivity index (χ4v) is 3.80. The SMILES string of the molecule is Cc1cc(C)cc(C(=O)Nc2ccc(-c3ccc(N4CC[NH+](C)CC4)nn3)cc2)c1. The van der Waals surface area contributed by atoms with E-state index < -0.39 is 0 Å². The van der Waals surface area contributed by atoms with E-state index in [1.807, 2.05) is 62.4 Å². The van der Waals surface area contributed by atoms with E-state index in [9.17, 15) is 4.79 Å². The third-order valence-corrected chi connectivity index (χ3v) is 5.51. The van der Waals surface area contributed by atoms with Gasteiger partial charge in [0.15, 0.2) is 5.82 Å². The minimum absolute atomic E-state index is 0.104. The molecule has 3 aromatic rings. The number of aromatic nitrogens is 2. The number of rotatable bonds is 4. The number of likely N-dealkylation sites (N-methyl/N-ethyl adjacent to an activating group) is 1. The van der Waals surface area contributed by atoms with Gasteiger partial charge in [-0.3, -0.25) is 4.79 Å². The minimum Gasteiger partial charge on any atom is -0.344 e. The van der Waals surface area contributed by atoms with E-state index in [0.717, 1.165) is 60.1 Å². The van der Waals surface area contributed by atoms with Crippen molar-refractivity contribution in [2.75, 3.05) is 43.4 Å². The van der Waals surface area contributed by atoms with Crippen LogP contribution in [0.3, 0.4) is 0 Å². The number of hydrogen-bond donors (Lipinski definition) is 2. The lowest BCUT2D eigenvalue weighted by atomic mass is 10.1. The second-order valence-corrected chi connectivity index (χ2v) is 8.13. The Bertz CT molecular complexity index is 1000. The largest absolute Gasteiger partial charge is 0.344 e. The van der Waals surface area contributed by atoms with Crippen LogP contribution >= 0.6 is 0 Å². The Hall–Kier alpha value is -3.25. The molecule has 0 atom stereocenters. The van der Waals surface area contributed by atoms with Crippen molar-refractivity contribution in [3.63, 3.8) is 0 Å². The molecule has 0 bridgehead atoms. The van der Waals surface area contributed by atoms with Crippen LogP contribution in [0.1, 0.15) is 21.5 Å². The summed E-state index contributed by atoms with van der Waals surface area (Å²) in [5.41, 5.74) is 5.38. The highest BCUT2D eigenvalue weighted by molar-refractivity contribution is 6.04. The van der Waals surface area contributed by atoms with Crippen LogP contribution in [0.25, 0.3) is 11.3 Å². The zero-order valence-electron chi connectivity index (χ0n) is 17.8. The Kier molecular flexibility index (Phi) is 5.77. The third-order valence-electron chi connectivity index (χ3n) is 5.51. The van der Waals surface area contributed by atoms with Crippen LogP contribution in [-0.2, 0) is 0 Å². The zero-order valence-corrected chi connectivity index (χ0v) is 17.8. The number of aryl methyl sites for hydroxylation is 2. The van der Waals surface area contributed by atoms with Crippen molar-refractivity contribution in [3.8, 4) is 11.3 Å². The maximum atomic E-state index is 12.5. The summed E-state index contributed by atoms with van der Waals surface area (Å²) >= 11 is 0. The van der Waals surface area contributed by atoms with Gasteiger partial charge in [-0.25, -0.2) is 0 Å². The van der Waals surface area contributed by atoms with Gasteiger partial charge >= 0.3 is 0 Å². The van der Waals surface area contributed by atoms with Crippen molar-refractivity contribution in [2.24, 2.45) is 0 Å². The normalized spacial score (nSPS) is 14.6. The number of carbonyl (C=O) groups excluding carboxylic acids is 1. The number of nitrogens with zero attached hydrogens (tertiary/aromatic N) is 3. The van der Waals surface area contributed by atoms with Crippen molar-refractivity contribution in [1.29, 1.82) is 0 Å². The first kappa shape index (κ1) is 20.0. The Morgan fingerprint density at radius 1 is 0.933 bits per heavy atom. The average Bonchev–Trinajstić information content (AvgIpc) is 2.74. The fraction of sp³-hybridized carbons (Fsp3) is 0.292. The summed E-state index contributed by atoms with van der Waals surface area (Å²) in [5, 5.41) is 11.8. The first-order valence-corrected chi connectivity index (χ1v) is 10.4. The van der Waals surface area contributed by atoms with Crippen LogP contribution in [0, 0.1) is 13.8 Å². The van der Waals surface area contributed by atoms with E-state index in [4.69, 9.17) is 0 Å². The van der Waals surface area contributed by atoms with Gasteiger partial charge in [-0.2, -0.15) is 0 Å². The van der Waals surface area contributed by atoms with Gasteiger partial charge in [0.25, 0.3) is 5.91 Å². The number of amides is 1. The molecular formula is C24H28N5O+. The molecule has 2 aromatic carbocycles. The number of anilines is 2. The van der Waals surface area contributed by atoms with E-state index in [0.29, 0.717) is 5.56 Å². The molecule has 2 heterocycles. The molecule has 2 N–H and O–H groups in total. The summed E-state index contributed by atoms with van der Waals surface area (Å²) in [6, 6.07) is 17.6. The quantitative estimate of drug-likeness (QED) is 0.703. The first-order valence-electron chi connectivity index (χ1n) is 10.4. The van der Waals surface area contributed by atoms with E-state index in [1.165, 1.54) is 0 Å². The van der Waals surface area contributed by atoms with Gasteiger partial charge in [0, 0.05) is 16.8 Å². The summed E-state index contributed by atoms with van der Waals surface area (Å²) in [6.45, 7) is 8.26. The minimum atomic E-state index is -0.104. The molecule has 0 saturated carbocycles. The van der Waals surface area contributed by atoms with Gasteiger partial charge in [0.05, 0.1) is 38.9 Å². The van der Waals surface area contributed by atoms with E-state index in [2.05, 4.69) is 33.5 Å². The molecule has 1 aliphatic rings. The van der Waals surface area contributed by atoms with Crippen molar-refractivity contribution in [1.82, 2.24) is 10.2 Å². The van der Waals surface area contributed by atoms with Gasteiger partial charge < -0.3 is 15.1 Å². The van der Waals surface area contributed by atoms with Crippen LogP contribution < -0.4 is 15.1 Å². The van der Waals surface area contributed by atoms with Crippen LogP contribution in [-0.4, -0.2) is 49.3 Å². The summed E-state index contributed by atoms with van der Waals surface area (Å²) in [5.74, 6) is 0.830. The number of quaternary nitrogens is 1. The topological polar surface area (TPSA) is 62.6 Å². The molecule has 30 heavy (non-hydrogen) atoms. The number of benzene rings is 2. The molecule has 6 heteroatoms. The molecular weight excluding hydrogens is 374 g/mol. The monoisotopic (exact) mass is 402 g/mol. The maximum Gasteiger partial charge on any atom is 0.255 e. The smallest absolute Gasteiger partial charge is 0.255 e. The number of nitrogens with one attached hydrogen (secondary N) is 2. The van der Waals surface area contributed by atoms with Crippen molar-refractivity contribution >= 4 is 17.4 Å². The van der Waals surface area contributed by atoms with E-state index in [1.54, 1.807) is 4.90 Å². The van der Waals surface area contributed by atoms with Crippen LogP contribution in [0.2, 0.25) is 0 Å². The molecule has 154 valence electrons. The average molecular weight is 403 g/mol. The lowest BCUT2D eigenvalue weighted by Gasteiger charge is -2.30. The molecule has 1 fully saturated rings. The van der Waals surface area contributed by atoms with Gasteiger partial charge in [0.1, 0.15) is 0 Å². The van der Waals surface area contributed by atoms with Gasteiger partial charge in [-0.1, -0.05) is 29.3 Å².